The lowest BCUT2D eigenvalue weighted by Gasteiger charge is -2.19. The maximum absolute atomic E-state index is 12.8. The van der Waals surface area contributed by atoms with Gasteiger partial charge >= 0.3 is 0 Å². The van der Waals surface area contributed by atoms with E-state index in [0.29, 0.717) is 16.8 Å². The summed E-state index contributed by atoms with van der Waals surface area (Å²) in [6.07, 6.45) is 4.43. The fourth-order valence-electron chi connectivity index (χ4n) is 4.39. The molecule has 0 radical (unpaired) electrons. The number of nitrogens with zero attached hydrogens (tertiary/aromatic N) is 4. The highest BCUT2D eigenvalue weighted by atomic mass is 32.2. The van der Waals surface area contributed by atoms with Gasteiger partial charge in [-0.15, -0.1) is 28.1 Å². The zero-order valence-corrected chi connectivity index (χ0v) is 24.0. The number of rotatable bonds is 9. The molecule has 0 saturated heterocycles. The Hall–Kier alpha value is -3.75. The lowest BCUT2D eigenvalue weighted by atomic mass is 9.87. The lowest BCUT2D eigenvalue weighted by Crippen LogP contribution is -2.14. The van der Waals surface area contributed by atoms with Crippen molar-refractivity contribution in [2.24, 2.45) is 0 Å². The number of fused-ring (bicyclic) bond motifs is 1. The fraction of sp³-hybridized carbons (Fsp3) is 0.226. The topological polar surface area (TPSA) is 72.7 Å². The highest BCUT2D eigenvalue weighted by molar-refractivity contribution is 7.99. The van der Waals surface area contributed by atoms with Gasteiger partial charge in [0.2, 0.25) is 5.91 Å². The molecule has 1 amide bonds. The van der Waals surface area contributed by atoms with Crippen LogP contribution in [0.3, 0.4) is 0 Å². The minimum atomic E-state index is -0.129. The van der Waals surface area contributed by atoms with Gasteiger partial charge in [0, 0.05) is 29.6 Å². The highest BCUT2D eigenvalue weighted by Crippen LogP contribution is 2.29. The third kappa shape index (κ3) is 6.29. The van der Waals surface area contributed by atoms with Crippen LogP contribution in [0.1, 0.15) is 36.8 Å². The summed E-state index contributed by atoms with van der Waals surface area (Å²) >= 11 is 2.86. The van der Waals surface area contributed by atoms with Crippen molar-refractivity contribution < 1.29 is 4.79 Å². The maximum Gasteiger partial charge on any atom is 0.236 e. The molecule has 2 aromatic heterocycles. The van der Waals surface area contributed by atoms with Gasteiger partial charge in [0.25, 0.3) is 0 Å². The van der Waals surface area contributed by atoms with E-state index in [2.05, 4.69) is 115 Å². The number of aromatic nitrogens is 4. The van der Waals surface area contributed by atoms with Gasteiger partial charge in [0.15, 0.2) is 16.1 Å². The molecule has 5 aromatic rings. The number of thiazole rings is 1. The summed E-state index contributed by atoms with van der Waals surface area (Å²) in [5, 5.41) is 15.5. The molecule has 0 aliphatic heterocycles. The van der Waals surface area contributed by atoms with Gasteiger partial charge in [-0.2, -0.15) is 0 Å². The van der Waals surface area contributed by atoms with Crippen molar-refractivity contribution in [3.8, 4) is 11.4 Å². The first-order chi connectivity index (χ1) is 18.8. The van der Waals surface area contributed by atoms with Gasteiger partial charge in [-0.25, -0.2) is 4.98 Å². The molecule has 0 fully saturated rings. The Labute approximate surface area is 237 Å². The third-order valence-electron chi connectivity index (χ3n) is 6.41. The molecule has 39 heavy (non-hydrogen) atoms. The Kier molecular flexibility index (Phi) is 7.95. The normalized spacial score (nSPS) is 11.6. The molecule has 2 heterocycles. The van der Waals surface area contributed by atoms with E-state index in [-0.39, 0.29) is 17.1 Å². The van der Waals surface area contributed by atoms with E-state index in [0.717, 1.165) is 22.7 Å². The minimum Gasteiger partial charge on any atom is -0.301 e. The highest BCUT2D eigenvalue weighted by Gasteiger charge is 2.18. The van der Waals surface area contributed by atoms with Crippen molar-refractivity contribution in [3.63, 3.8) is 0 Å². The molecule has 0 bridgehead atoms. The van der Waals surface area contributed by atoms with Crippen molar-refractivity contribution in [2.75, 3.05) is 11.1 Å². The Morgan fingerprint density at radius 2 is 1.82 bits per heavy atom. The first-order valence-electron chi connectivity index (χ1n) is 12.8. The Balaban J connectivity index is 1.23. The Morgan fingerprint density at radius 3 is 2.59 bits per heavy atom. The van der Waals surface area contributed by atoms with Crippen molar-refractivity contribution in [3.05, 3.63) is 102 Å². The summed E-state index contributed by atoms with van der Waals surface area (Å²) < 4.78 is 1.99. The first kappa shape index (κ1) is 26.8. The number of amides is 1. The number of carbonyl (C=O) groups is 1. The van der Waals surface area contributed by atoms with E-state index in [1.54, 1.807) is 0 Å². The molecule has 0 aliphatic rings. The average Bonchev–Trinajstić information content (AvgIpc) is 3.54. The second-order valence-electron chi connectivity index (χ2n) is 10.3. The minimum absolute atomic E-state index is 0.0792. The van der Waals surface area contributed by atoms with Crippen LogP contribution in [0, 0.1) is 0 Å². The van der Waals surface area contributed by atoms with E-state index in [1.165, 1.54) is 45.0 Å². The van der Waals surface area contributed by atoms with Crippen molar-refractivity contribution >= 4 is 44.9 Å². The van der Waals surface area contributed by atoms with Crippen LogP contribution in [0.5, 0.6) is 0 Å². The average molecular weight is 554 g/mol. The molecule has 0 aliphatic carbocycles. The number of anilines is 1. The van der Waals surface area contributed by atoms with Crippen molar-refractivity contribution in [1.29, 1.82) is 0 Å². The van der Waals surface area contributed by atoms with E-state index in [9.17, 15) is 4.79 Å². The molecule has 3 aromatic carbocycles. The Bertz CT molecular complexity index is 1610. The van der Waals surface area contributed by atoms with Crippen LogP contribution in [0.4, 0.5) is 5.13 Å². The number of hydrogen-bond donors (Lipinski definition) is 1. The summed E-state index contributed by atoms with van der Waals surface area (Å²) in [6.45, 7) is 11.0. The Morgan fingerprint density at radius 1 is 1.05 bits per heavy atom. The van der Waals surface area contributed by atoms with Gasteiger partial charge in [0.05, 0.1) is 5.75 Å². The van der Waals surface area contributed by atoms with Gasteiger partial charge in [-0.05, 0) is 27.3 Å². The largest absolute Gasteiger partial charge is 0.301 e. The third-order valence-corrected chi connectivity index (χ3v) is 8.29. The van der Waals surface area contributed by atoms with E-state index in [4.69, 9.17) is 0 Å². The van der Waals surface area contributed by atoms with E-state index < -0.39 is 0 Å². The molecule has 198 valence electrons. The van der Waals surface area contributed by atoms with Gasteiger partial charge in [-0.1, -0.05) is 105 Å². The monoisotopic (exact) mass is 553 g/mol. The van der Waals surface area contributed by atoms with Crippen molar-refractivity contribution in [1.82, 2.24) is 19.7 Å². The second-order valence-corrected chi connectivity index (χ2v) is 12.4. The molecule has 1 N–H and O–H groups in total. The van der Waals surface area contributed by atoms with Crippen LogP contribution in [-0.4, -0.2) is 31.4 Å². The molecule has 6 nitrogen and oxygen atoms in total. The fourth-order valence-corrected chi connectivity index (χ4v) is 5.99. The predicted octanol–water partition coefficient (Wildman–Crippen LogP) is 7.36. The standard InChI is InChI=1S/C31H31N5OS2/c1-5-17-36-28(22-13-15-24(16-14-22)31(2,3)4)34-35-30(36)38-20-27(37)33-29-32-19-25(39-29)18-23-11-8-10-21-9-6-7-12-26(21)23/h5-16,19H,1,17-18,20H2,2-4H3,(H,32,33,37). The number of carbonyl (C=O) groups excluding carboxylic acids is 1. The van der Waals surface area contributed by atoms with Crippen molar-refractivity contribution in [2.45, 2.75) is 44.3 Å². The second kappa shape index (κ2) is 11.6. The van der Waals surface area contributed by atoms with E-state index >= 15 is 0 Å². The number of thioether (sulfide) groups is 1. The van der Waals surface area contributed by atoms with Crippen LogP contribution in [0.25, 0.3) is 22.2 Å². The molecular formula is C31H31N5OS2. The van der Waals surface area contributed by atoms with Crippen LogP contribution in [0.15, 0.2) is 90.7 Å². The summed E-state index contributed by atoms with van der Waals surface area (Å²) in [5.74, 6) is 0.836. The predicted molar refractivity (Wildman–Crippen MR) is 163 cm³/mol. The smallest absolute Gasteiger partial charge is 0.236 e. The van der Waals surface area contributed by atoms with Crippen LogP contribution >= 0.6 is 23.1 Å². The maximum atomic E-state index is 12.8. The molecule has 0 saturated carbocycles. The summed E-state index contributed by atoms with van der Waals surface area (Å²) in [7, 11) is 0. The summed E-state index contributed by atoms with van der Waals surface area (Å²) in [4.78, 5) is 18.3. The number of allylic oxidation sites excluding steroid dienone is 1. The SMILES string of the molecule is C=CCn1c(SCC(=O)Nc2ncc(Cc3cccc4ccccc34)s2)nnc1-c1ccc(C(C)(C)C)cc1. The molecule has 0 spiro atoms. The summed E-state index contributed by atoms with van der Waals surface area (Å²) in [6, 6.07) is 23.1. The molecule has 0 atom stereocenters. The van der Waals surface area contributed by atoms with Crippen LogP contribution in [-0.2, 0) is 23.2 Å². The molecule has 8 heteroatoms. The first-order valence-corrected chi connectivity index (χ1v) is 14.6. The number of nitrogens with one attached hydrogen (secondary N) is 1. The van der Waals surface area contributed by atoms with Crippen LogP contribution in [0.2, 0.25) is 0 Å². The van der Waals surface area contributed by atoms with Gasteiger partial charge in [0.1, 0.15) is 0 Å². The zero-order chi connectivity index (χ0) is 27.4. The lowest BCUT2D eigenvalue weighted by molar-refractivity contribution is -0.113. The van der Waals surface area contributed by atoms with Gasteiger partial charge < -0.3 is 5.32 Å². The summed E-state index contributed by atoms with van der Waals surface area (Å²) in [5.41, 5.74) is 3.57. The number of benzene rings is 3. The molecule has 5 rings (SSSR count). The van der Waals surface area contributed by atoms with Gasteiger partial charge in [-0.3, -0.25) is 9.36 Å². The molecule has 0 unspecified atom stereocenters. The zero-order valence-electron chi connectivity index (χ0n) is 22.3. The number of hydrogen-bond acceptors (Lipinski definition) is 6. The van der Waals surface area contributed by atoms with Crippen LogP contribution < -0.4 is 5.32 Å². The quantitative estimate of drug-likeness (QED) is 0.152. The van der Waals surface area contributed by atoms with E-state index in [1.807, 2.05) is 16.8 Å². The molecular weight excluding hydrogens is 523 g/mol.